The minimum Gasteiger partial charge on any atom is -0.469 e. The molecule has 0 aromatic carbocycles. The fourth-order valence-electron chi connectivity index (χ4n) is 1.61. The van der Waals surface area contributed by atoms with Gasteiger partial charge in [0.2, 0.25) is 0 Å². The van der Waals surface area contributed by atoms with Gasteiger partial charge in [0.25, 0.3) is 0 Å². The van der Waals surface area contributed by atoms with E-state index in [0.717, 1.165) is 0 Å². The molecule has 0 spiro atoms. The van der Waals surface area contributed by atoms with Crippen molar-refractivity contribution in [3.8, 4) is 0 Å². The molecule has 1 heterocycles. The minimum absolute atomic E-state index is 0.0852. The molecule has 1 N–H and O–H groups in total. The molecule has 0 amide bonds. The SMILES string of the molecule is COC(=O)C1CCN(S(C)(=N)=O)CC1. The van der Waals surface area contributed by atoms with Crippen molar-refractivity contribution < 1.29 is 13.7 Å². The van der Waals surface area contributed by atoms with Gasteiger partial charge in [-0.2, -0.15) is 0 Å². The number of hydrogen-bond donors (Lipinski definition) is 1. The van der Waals surface area contributed by atoms with E-state index in [-0.39, 0.29) is 11.9 Å². The van der Waals surface area contributed by atoms with Crippen LogP contribution in [0, 0.1) is 10.7 Å². The second-order valence-corrected chi connectivity index (χ2v) is 5.65. The average molecular weight is 220 g/mol. The Morgan fingerprint density at radius 1 is 1.50 bits per heavy atom. The molecule has 1 saturated heterocycles. The summed E-state index contributed by atoms with van der Waals surface area (Å²) in [4.78, 5) is 11.2. The number of methoxy groups -OCH3 is 1. The minimum atomic E-state index is -2.60. The first-order chi connectivity index (χ1) is 6.45. The summed E-state index contributed by atoms with van der Waals surface area (Å²) in [5.74, 6) is -0.282. The van der Waals surface area contributed by atoms with Gasteiger partial charge in [0.1, 0.15) is 9.92 Å². The highest BCUT2D eigenvalue weighted by atomic mass is 32.2. The zero-order valence-electron chi connectivity index (χ0n) is 8.49. The predicted octanol–water partition coefficient (Wildman–Crippen LogP) is 0.463. The molecule has 0 bridgehead atoms. The van der Waals surface area contributed by atoms with E-state index in [0.29, 0.717) is 25.9 Å². The highest BCUT2D eigenvalue weighted by molar-refractivity contribution is 7.89. The molecule has 0 aromatic rings. The molecule has 1 unspecified atom stereocenters. The Hall–Kier alpha value is -0.620. The lowest BCUT2D eigenvalue weighted by Crippen LogP contribution is -2.39. The van der Waals surface area contributed by atoms with E-state index in [1.165, 1.54) is 13.4 Å². The lowest BCUT2D eigenvalue weighted by atomic mass is 9.99. The predicted molar refractivity (Wildman–Crippen MR) is 53.1 cm³/mol. The molecule has 82 valence electrons. The van der Waals surface area contributed by atoms with E-state index in [9.17, 15) is 9.00 Å². The van der Waals surface area contributed by atoms with Crippen LogP contribution >= 0.6 is 0 Å². The van der Waals surface area contributed by atoms with Crippen LogP contribution in [0.5, 0.6) is 0 Å². The molecule has 1 rings (SSSR count). The first-order valence-electron chi connectivity index (χ1n) is 4.52. The van der Waals surface area contributed by atoms with E-state index < -0.39 is 9.92 Å². The van der Waals surface area contributed by atoms with Gasteiger partial charge in [0.05, 0.1) is 13.0 Å². The standard InChI is InChI=1S/C8H16N2O3S/c1-13-8(11)7-3-5-10(6-4-7)14(2,9)12/h7,9H,3-6H2,1-2H3. The van der Waals surface area contributed by atoms with E-state index in [4.69, 9.17) is 4.78 Å². The van der Waals surface area contributed by atoms with Crippen LogP contribution < -0.4 is 0 Å². The summed E-state index contributed by atoms with van der Waals surface area (Å²) in [7, 11) is -1.22. The highest BCUT2D eigenvalue weighted by Crippen LogP contribution is 2.20. The van der Waals surface area contributed by atoms with E-state index in [2.05, 4.69) is 4.74 Å². The monoisotopic (exact) mass is 220 g/mol. The van der Waals surface area contributed by atoms with Crippen molar-refractivity contribution in [3.63, 3.8) is 0 Å². The first kappa shape index (κ1) is 11.5. The second kappa shape index (κ2) is 4.27. The van der Waals surface area contributed by atoms with Gasteiger partial charge in [-0.1, -0.05) is 0 Å². The Labute approximate surface area is 84.5 Å². The largest absolute Gasteiger partial charge is 0.469 e. The maximum absolute atomic E-state index is 11.4. The summed E-state index contributed by atoms with van der Waals surface area (Å²) in [6.45, 7) is 1.08. The summed E-state index contributed by atoms with van der Waals surface area (Å²) >= 11 is 0. The number of nitrogens with one attached hydrogen (secondary N) is 1. The molecule has 1 aliphatic heterocycles. The molecule has 5 nitrogen and oxygen atoms in total. The Morgan fingerprint density at radius 2 is 2.00 bits per heavy atom. The van der Waals surface area contributed by atoms with Crippen LogP contribution in [-0.4, -0.2) is 40.9 Å². The third-order valence-corrected chi connectivity index (χ3v) is 3.83. The number of nitrogens with zero attached hydrogens (tertiary/aromatic N) is 1. The van der Waals surface area contributed by atoms with Crippen LogP contribution in [0.15, 0.2) is 0 Å². The molecule has 14 heavy (non-hydrogen) atoms. The summed E-state index contributed by atoms with van der Waals surface area (Å²) in [6.07, 6.45) is 2.68. The molecule has 0 aliphatic carbocycles. The molecule has 1 fully saturated rings. The van der Waals surface area contributed by atoms with E-state index in [1.54, 1.807) is 4.31 Å². The molecular weight excluding hydrogens is 204 g/mol. The van der Waals surface area contributed by atoms with Crippen molar-refractivity contribution in [1.82, 2.24) is 4.31 Å². The van der Waals surface area contributed by atoms with Crippen molar-refractivity contribution >= 4 is 15.9 Å². The second-order valence-electron chi connectivity index (χ2n) is 3.53. The van der Waals surface area contributed by atoms with Gasteiger partial charge in [-0.05, 0) is 12.8 Å². The molecular formula is C8H16N2O3S. The lowest BCUT2D eigenvalue weighted by Gasteiger charge is -2.30. The molecule has 1 aliphatic rings. The molecule has 0 aromatic heterocycles. The smallest absolute Gasteiger partial charge is 0.308 e. The van der Waals surface area contributed by atoms with Gasteiger partial charge in [0, 0.05) is 19.3 Å². The molecule has 0 saturated carbocycles. The zero-order valence-corrected chi connectivity index (χ0v) is 9.30. The summed E-state index contributed by atoms with van der Waals surface area (Å²) in [5.41, 5.74) is 0. The van der Waals surface area contributed by atoms with Crippen molar-refractivity contribution in [2.75, 3.05) is 26.5 Å². The number of carbonyl (C=O) groups is 1. The van der Waals surface area contributed by atoms with E-state index >= 15 is 0 Å². The quantitative estimate of drug-likeness (QED) is 0.687. The first-order valence-corrected chi connectivity index (χ1v) is 6.44. The van der Waals surface area contributed by atoms with Crippen molar-refractivity contribution in [2.45, 2.75) is 12.8 Å². The van der Waals surface area contributed by atoms with Crippen LogP contribution in [0.3, 0.4) is 0 Å². The van der Waals surface area contributed by atoms with Gasteiger partial charge in [0.15, 0.2) is 0 Å². The molecule has 6 heteroatoms. The van der Waals surface area contributed by atoms with Crippen LogP contribution in [0.2, 0.25) is 0 Å². The van der Waals surface area contributed by atoms with Gasteiger partial charge >= 0.3 is 5.97 Å². The summed E-state index contributed by atoms with van der Waals surface area (Å²) in [5, 5.41) is 0. The zero-order chi connectivity index (χ0) is 10.8. The number of rotatable bonds is 2. The van der Waals surface area contributed by atoms with Gasteiger partial charge in [-0.25, -0.2) is 13.3 Å². The summed E-state index contributed by atoms with van der Waals surface area (Å²) < 4.78 is 25.0. The van der Waals surface area contributed by atoms with E-state index in [1.807, 2.05) is 0 Å². The maximum atomic E-state index is 11.4. The normalized spacial score (nSPS) is 24.1. The topological polar surface area (TPSA) is 70.5 Å². The van der Waals surface area contributed by atoms with Gasteiger partial charge in [-0.3, -0.25) is 4.79 Å². The maximum Gasteiger partial charge on any atom is 0.308 e. The third kappa shape index (κ3) is 2.68. The fraction of sp³-hybridized carbons (Fsp3) is 0.875. The van der Waals surface area contributed by atoms with Crippen LogP contribution in [0.4, 0.5) is 0 Å². The molecule has 1 atom stereocenters. The number of ether oxygens (including phenoxy) is 1. The van der Waals surface area contributed by atoms with Crippen LogP contribution in [-0.2, 0) is 19.4 Å². The number of esters is 1. The van der Waals surface area contributed by atoms with Gasteiger partial charge < -0.3 is 4.74 Å². The van der Waals surface area contributed by atoms with Gasteiger partial charge in [-0.15, -0.1) is 0 Å². The van der Waals surface area contributed by atoms with Crippen molar-refractivity contribution in [2.24, 2.45) is 5.92 Å². The third-order valence-electron chi connectivity index (χ3n) is 2.48. The number of hydrogen-bond acceptors (Lipinski definition) is 4. The highest BCUT2D eigenvalue weighted by Gasteiger charge is 2.27. The summed E-state index contributed by atoms with van der Waals surface area (Å²) in [6, 6.07) is 0. The Morgan fingerprint density at radius 3 is 2.36 bits per heavy atom. The number of piperidine rings is 1. The number of carbonyl (C=O) groups excluding carboxylic acids is 1. The van der Waals surface area contributed by atoms with Crippen molar-refractivity contribution in [1.29, 1.82) is 4.78 Å². The average Bonchev–Trinajstić information content (AvgIpc) is 2.15. The Bertz CT molecular complexity index is 305. The Balaban J connectivity index is 2.51. The Kier molecular flexibility index (Phi) is 3.49. The fourth-order valence-corrected chi connectivity index (χ4v) is 2.51. The lowest BCUT2D eigenvalue weighted by molar-refractivity contribution is -0.146. The van der Waals surface area contributed by atoms with Crippen LogP contribution in [0.25, 0.3) is 0 Å². The molecule has 0 radical (unpaired) electrons. The van der Waals surface area contributed by atoms with Crippen LogP contribution in [0.1, 0.15) is 12.8 Å². The van der Waals surface area contributed by atoms with Crippen molar-refractivity contribution in [3.05, 3.63) is 0 Å².